The maximum absolute atomic E-state index is 12.9. The van der Waals surface area contributed by atoms with E-state index in [4.69, 9.17) is 10.6 Å². The van der Waals surface area contributed by atoms with Crippen molar-refractivity contribution in [3.63, 3.8) is 0 Å². The van der Waals surface area contributed by atoms with E-state index in [1.54, 1.807) is 12.1 Å². The highest BCUT2D eigenvalue weighted by Crippen LogP contribution is 2.18. The minimum Gasteiger partial charge on any atom is -0.486 e. The Labute approximate surface area is 167 Å². The summed E-state index contributed by atoms with van der Waals surface area (Å²) in [4.78, 5) is 12.0. The van der Waals surface area contributed by atoms with Gasteiger partial charge in [-0.3, -0.25) is 4.79 Å². The SMILES string of the molecule is Nn1c(COc2ccc(F)cc2)nnc1SCC(=O)Nc1ccc(Br)cc1. The lowest BCUT2D eigenvalue weighted by molar-refractivity contribution is -0.113. The first-order chi connectivity index (χ1) is 13.0. The molecule has 0 saturated carbocycles. The highest BCUT2D eigenvalue weighted by Gasteiger charge is 2.13. The number of thioether (sulfide) groups is 1. The van der Waals surface area contributed by atoms with Crippen LogP contribution in [0.1, 0.15) is 5.82 Å². The minimum absolute atomic E-state index is 0.0702. The molecule has 2 aromatic carbocycles. The fourth-order valence-corrected chi connectivity index (χ4v) is 2.98. The lowest BCUT2D eigenvalue weighted by Crippen LogP contribution is -2.18. The standard InChI is InChI=1S/C17H15BrFN5O2S/c18-11-1-5-13(6-2-11)21-16(25)10-27-17-23-22-15(24(17)20)9-26-14-7-3-12(19)4-8-14/h1-8H,9-10,20H2,(H,21,25). The zero-order valence-electron chi connectivity index (χ0n) is 13.9. The average Bonchev–Trinajstić information content (AvgIpc) is 3.01. The summed E-state index contributed by atoms with van der Waals surface area (Å²) in [5.41, 5.74) is 0.700. The number of nitrogens with two attached hydrogens (primary N) is 1. The molecule has 0 spiro atoms. The summed E-state index contributed by atoms with van der Waals surface area (Å²) >= 11 is 4.50. The summed E-state index contributed by atoms with van der Waals surface area (Å²) < 4.78 is 20.6. The fraction of sp³-hybridized carbons (Fsp3) is 0.118. The van der Waals surface area contributed by atoms with Crippen molar-refractivity contribution in [2.45, 2.75) is 11.8 Å². The molecule has 0 radical (unpaired) electrons. The van der Waals surface area contributed by atoms with E-state index in [9.17, 15) is 9.18 Å². The van der Waals surface area contributed by atoms with Gasteiger partial charge in [0, 0.05) is 10.2 Å². The van der Waals surface area contributed by atoms with E-state index in [0.29, 0.717) is 22.4 Å². The van der Waals surface area contributed by atoms with Gasteiger partial charge >= 0.3 is 0 Å². The van der Waals surface area contributed by atoms with Crippen LogP contribution in [0.15, 0.2) is 58.2 Å². The lowest BCUT2D eigenvalue weighted by atomic mass is 10.3. The Morgan fingerprint density at radius 1 is 1.19 bits per heavy atom. The maximum Gasteiger partial charge on any atom is 0.234 e. The summed E-state index contributed by atoms with van der Waals surface area (Å²) in [7, 11) is 0. The van der Waals surface area contributed by atoms with Crippen molar-refractivity contribution in [3.8, 4) is 5.75 Å². The Morgan fingerprint density at radius 3 is 2.59 bits per heavy atom. The zero-order chi connectivity index (χ0) is 19.2. The third kappa shape index (κ3) is 5.44. The highest BCUT2D eigenvalue weighted by atomic mass is 79.9. The summed E-state index contributed by atoms with van der Waals surface area (Å²) in [6, 6.07) is 12.9. The van der Waals surface area contributed by atoms with E-state index >= 15 is 0 Å². The number of nitrogen functional groups attached to an aromatic ring is 1. The van der Waals surface area contributed by atoms with Gasteiger partial charge in [0.2, 0.25) is 11.1 Å². The van der Waals surface area contributed by atoms with Crippen molar-refractivity contribution in [3.05, 3.63) is 64.6 Å². The van der Waals surface area contributed by atoms with Gasteiger partial charge in [-0.2, -0.15) is 0 Å². The van der Waals surface area contributed by atoms with Crippen LogP contribution in [0.3, 0.4) is 0 Å². The second-order valence-electron chi connectivity index (χ2n) is 5.36. The average molecular weight is 452 g/mol. The van der Waals surface area contributed by atoms with E-state index in [-0.39, 0.29) is 24.1 Å². The van der Waals surface area contributed by atoms with Crippen LogP contribution in [0.4, 0.5) is 10.1 Å². The number of nitrogens with zero attached hydrogens (tertiary/aromatic N) is 3. The van der Waals surface area contributed by atoms with E-state index in [0.717, 1.165) is 16.2 Å². The monoisotopic (exact) mass is 451 g/mol. The van der Waals surface area contributed by atoms with Crippen molar-refractivity contribution >= 4 is 39.3 Å². The molecule has 1 amide bonds. The molecule has 0 unspecified atom stereocenters. The van der Waals surface area contributed by atoms with Crippen molar-refractivity contribution in [1.29, 1.82) is 0 Å². The summed E-state index contributed by atoms with van der Waals surface area (Å²) in [6.07, 6.45) is 0. The summed E-state index contributed by atoms with van der Waals surface area (Å²) in [5, 5.41) is 11.1. The molecular formula is C17H15BrFN5O2S. The topological polar surface area (TPSA) is 95.1 Å². The number of rotatable bonds is 7. The van der Waals surface area contributed by atoms with E-state index in [1.165, 1.54) is 28.9 Å². The summed E-state index contributed by atoms with van der Waals surface area (Å²) in [5.74, 6) is 6.41. The molecule has 0 aliphatic heterocycles. The Hall–Kier alpha value is -2.59. The van der Waals surface area contributed by atoms with E-state index < -0.39 is 0 Å². The molecule has 0 aliphatic carbocycles. The molecule has 0 bridgehead atoms. The number of benzene rings is 2. The van der Waals surface area contributed by atoms with Gasteiger partial charge in [-0.05, 0) is 48.5 Å². The maximum atomic E-state index is 12.9. The number of carbonyl (C=O) groups excluding carboxylic acids is 1. The molecule has 3 aromatic rings. The molecule has 1 heterocycles. The third-order valence-electron chi connectivity index (χ3n) is 3.38. The number of ether oxygens (including phenoxy) is 1. The second-order valence-corrected chi connectivity index (χ2v) is 7.21. The molecule has 27 heavy (non-hydrogen) atoms. The van der Waals surface area contributed by atoms with Gasteiger partial charge in [0.15, 0.2) is 5.82 Å². The molecule has 10 heteroatoms. The van der Waals surface area contributed by atoms with Crippen LogP contribution in [0.5, 0.6) is 5.75 Å². The van der Waals surface area contributed by atoms with Gasteiger partial charge in [0.25, 0.3) is 0 Å². The number of hydrogen-bond donors (Lipinski definition) is 2. The molecule has 0 fully saturated rings. The van der Waals surface area contributed by atoms with Crippen LogP contribution in [-0.4, -0.2) is 26.5 Å². The highest BCUT2D eigenvalue weighted by molar-refractivity contribution is 9.10. The van der Waals surface area contributed by atoms with Crippen LogP contribution in [0.2, 0.25) is 0 Å². The van der Waals surface area contributed by atoms with Gasteiger partial charge in [-0.15, -0.1) is 10.2 Å². The van der Waals surface area contributed by atoms with Crippen molar-refractivity contribution in [2.75, 3.05) is 16.9 Å². The van der Waals surface area contributed by atoms with Crippen LogP contribution in [0.25, 0.3) is 0 Å². The minimum atomic E-state index is -0.343. The number of halogens is 2. The van der Waals surface area contributed by atoms with Crippen molar-refractivity contribution in [1.82, 2.24) is 14.9 Å². The van der Waals surface area contributed by atoms with E-state index in [2.05, 4.69) is 31.4 Å². The molecule has 1 aromatic heterocycles. The molecule has 140 valence electrons. The molecule has 0 aliphatic rings. The zero-order valence-corrected chi connectivity index (χ0v) is 16.3. The van der Waals surface area contributed by atoms with Gasteiger partial charge < -0.3 is 15.9 Å². The summed E-state index contributed by atoms with van der Waals surface area (Å²) in [6.45, 7) is 0.0702. The second kappa shape index (κ2) is 8.87. The number of hydrogen-bond acceptors (Lipinski definition) is 6. The predicted octanol–water partition coefficient (Wildman–Crippen LogP) is 3.20. The molecule has 3 N–H and O–H groups in total. The molecular weight excluding hydrogens is 437 g/mol. The first-order valence-corrected chi connectivity index (χ1v) is 9.55. The van der Waals surface area contributed by atoms with Crippen molar-refractivity contribution in [2.24, 2.45) is 0 Å². The fourth-order valence-electron chi connectivity index (χ4n) is 2.04. The molecule has 3 rings (SSSR count). The van der Waals surface area contributed by atoms with Gasteiger partial charge in [0.05, 0.1) is 5.75 Å². The number of anilines is 1. The number of amides is 1. The Bertz CT molecular complexity index is 918. The number of carbonyl (C=O) groups is 1. The van der Waals surface area contributed by atoms with Crippen LogP contribution in [0, 0.1) is 5.82 Å². The predicted molar refractivity (Wildman–Crippen MR) is 104 cm³/mol. The van der Waals surface area contributed by atoms with Crippen LogP contribution >= 0.6 is 27.7 Å². The lowest BCUT2D eigenvalue weighted by Gasteiger charge is -2.07. The molecule has 0 saturated heterocycles. The number of aromatic nitrogens is 3. The first kappa shape index (κ1) is 19.2. The first-order valence-electron chi connectivity index (χ1n) is 7.77. The van der Waals surface area contributed by atoms with Crippen LogP contribution in [-0.2, 0) is 11.4 Å². The largest absolute Gasteiger partial charge is 0.486 e. The quantitative estimate of drug-likeness (QED) is 0.423. The Morgan fingerprint density at radius 2 is 1.89 bits per heavy atom. The molecule has 0 atom stereocenters. The van der Waals surface area contributed by atoms with Gasteiger partial charge in [-0.1, -0.05) is 27.7 Å². The normalized spacial score (nSPS) is 10.6. The van der Waals surface area contributed by atoms with Gasteiger partial charge in [0.1, 0.15) is 18.2 Å². The van der Waals surface area contributed by atoms with Crippen molar-refractivity contribution < 1.29 is 13.9 Å². The smallest absolute Gasteiger partial charge is 0.234 e. The van der Waals surface area contributed by atoms with Crippen LogP contribution < -0.4 is 15.9 Å². The van der Waals surface area contributed by atoms with E-state index in [1.807, 2.05) is 12.1 Å². The Balaban J connectivity index is 1.51. The number of nitrogens with one attached hydrogen (secondary N) is 1. The van der Waals surface area contributed by atoms with Gasteiger partial charge in [-0.25, -0.2) is 9.07 Å². The third-order valence-corrected chi connectivity index (χ3v) is 4.85. The molecule has 7 nitrogen and oxygen atoms in total. The Kier molecular flexibility index (Phi) is 6.30.